The zero-order chi connectivity index (χ0) is 11.4. The molecule has 0 aliphatic carbocycles. The van der Waals surface area contributed by atoms with Crippen LogP contribution in [-0.2, 0) is 4.79 Å². The van der Waals surface area contributed by atoms with Crippen LogP contribution in [0.1, 0.15) is 27.7 Å². The van der Waals surface area contributed by atoms with Crippen LogP contribution >= 0.6 is 0 Å². The van der Waals surface area contributed by atoms with Gasteiger partial charge in [-0.3, -0.25) is 9.79 Å². The summed E-state index contributed by atoms with van der Waals surface area (Å²) in [6.07, 6.45) is 0. The van der Waals surface area contributed by atoms with Crippen LogP contribution in [-0.4, -0.2) is 35.9 Å². The normalized spacial score (nSPS) is 15.1. The lowest BCUT2D eigenvalue weighted by Gasteiger charge is -2.19. The number of aliphatic hydroxyl groups is 1. The van der Waals surface area contributed by atoms with Crippen LogP contribution < -0.4 is 5.32 Å². The zero-order valence-electron chi connectivity index (χ0n) is 9.59. The van der Waals surface area contributed by atoms with Crippen LogP contribution in [0.15, 0.2) is 4.99 Å². The Labute approximate surface area is 85.4 Å². The molecule has 0 fully saturated rings. The summed E-state index contributed by atoms with van der Waals surface area (Å²) in [4.78, 5) is 15.4. The van der Waals surface area contributed by atoms with Crippen LogP contribution in [0.3, 0.4) is 0 Å². The number of nitrogens with zero attached hydrogens (tertiary/aromatic N) is 1. The Balaban J connectivity index is 4.10. The van der Waals surface area contributed by atoms with Gasteiger partial charge in [0.05, 0.1) is 11.5 Å². The van der Waals surface area contributed by atoms with Crippen molar-refractivity contribution in [3.63, 3.8) is 0 Å². The molecule has 1 amide bonds. The van der Waals surface area contributed by atoms with E-state index in [1.807, 2.05) is 6.92 Å². The van der Waals surface area contributed by atoms with Crippen LogP contribution in [0, 0.1) is 5.92 Å². The van der Waals surface area contributed by atoms with Crippen molar-refractivity contribution in [3.05, 3.63) is 0 Å². The number of aliphatic imine (C=N–C) groups is 1. The van der Waals surface area contributed by atoms with E-state index in [1.165, 1.54) is 0 Å². The van der Waals surface area contributed by atoms with Crippen molar-refractivity contribution in [2.45, 2.75) is 33.3 Å². The van der Waals surface area contributed by atoms with Gasteiger partial charge in [0.15, 0.2) is 0 Å². The molecule has 0 rings (SSSR count). The summed E-state index contributed by atoms with van der Waals surface area (Å²) in [6, 6.07) is 0. The summed E-state index contributed by atoms with van der Waals surface area (Å²) >= 11 is 0. The standard InChI is InChI=1S/C10H20N2O2/c1-7(8(2)11-5)9(13)12-6-10(3,4)14/h7,14H,6H2,1-5H3,(H,12,13). The summed E-state index contributed by atoms with van der Waals surface area (Å²) in [5.41, 5.74) is -0.0784. The highest BCUT2D eigenvalue weighted by atomic mass is 16.3. The van der Waals surface area contributed by atoms with Gasteiger partial charge < -0.3 is 10.4 Å². The number of amides is 1. The summed E-state index contributed by atoms with van der Waals surface area (Å²) in [5.74, 6) is -0.336. The quantitative estimate of drug-likeness (QED) is 0.653. The van der Waals surface area contributed by atoms with E-state index in [0.717, 1.165) is 5.71 Å². The van der Waals surface area contributed by atoms with Crippen molar-refractivity contribution in [2.75, 3.05) is 13.6 Å². The van der Waals surface area contributed by atoms with Crippen molar-refractivity contribution in [1.29, 1.82) is 0 Å². The molecule has 0 heterocycles. The van der Waals surface area contributed by atoms with Crippen molar-refractivity contribution in [2.24, 2.45) is 10.9 Å². The first-order valence-corrected chi connectivity index (χ1v) is 4.71. The van der Waals surface area contributed by atoms with Gasteiger partial charge in [0.2, 0.25) is 5.91 Å². The molecule has 1 unspecified atom stereocenters. The number of nitrogens with one attached hydrogen (secondary N) is 1. The highest BCUT2D eigenvalue weighted by molar-refractivity contribution is 6.02. The van der Waals surface area contributed by atoms with Gasteiger partial charge in [0.25, 0.3) is 0 Å². The summed E-state index contributed by atoms with van der Waals surface area (Å²) in [5, 5.41) is 12.1. The van der Waals surface area contributed by atoms with Gasteiger partial charge in [-0.2, -0.15) is 0 Å². The highest BCUT2D eigenvalue weighted by Gasteiger charge is 2.18. The average Bonchev–Trinajstić information content (AvgIpc) is 2.10. The zero-order valence-corrected chi connectivity index (χ0v) is 9.59. The minimum absolute atomic E-state index is 0.102. The molecule has 4 nitrogen and oxygen atoms in total. The van der Waals surface area contributed by atoms with E-state index in [0.29, 0.717) is 0 Å². The van der Waals surface area contributed by atoms with E-state index in [1.54, 1.807) is 27.8 Å². The van der Waals surface area contributed by atoms with Gasteiger partial charge in [-0.1, -0.05) is 0 Å². The van der Waals surface area contributed by atoms with E-state index in [-0.39, 0.29) is 18.4 Å². The lowest BCUT2D eigenvalue weighted by Crippen LogP contribution is -2.41. The van der Waals surface area contributed by atoms with Crippen molar-refractivity contribution >= 4 is 11.6 Å². The Morgan fingerprint density at radius 3 is 2.43 bits per heavy atom. The highest BCUT2D eigenvalue weighted by Crippen LogP contribution is 2.01. The molecule has 0 radical (unpaired) electrons. The maximum absolute atomic E-state index is 11.5. The van der Waals surface area contributed by atoms with Gasteiger partial charge in [-0.25, -0.2) is 0 Å². The van der Waals surface area contributed by atoms with E-state index in [9.17, 15) is 9.90 Å². The second kappa shape index (κ2) is 5.10. The molecule has 14 heavy (non-hydrogen) atoms. The van der Waals surface area contributed by atoms with Gasteiger partial charge >= 0.3 is 0 Å². The molecule has 82 valence electrons. The first-order valence-electron chi connectivity index (χ1n) is 4.71. The predicted octanol–water partition coefficient (Wildman–Crippen LogP) is 0.600. The molecule has 0 spiro atoms. The minimum Gasteiger partial charge on any atom is -0.389 e. The summed E-state index contributed by atoms with van der Waals surface area (Å²) < 4.78 is 0. The molecule has 0 aromatic heterocycles. The van der Waals surface area contributed by atoms with Gasteiger partial charge in [-0.05, 0) is 27.7 Å². The topological polar surface area (TPSA) is 61.7 Å². The lowest BCUT2D eigenvalue weighted by molar-refractivity contribution is -0.123. The molecule has 0 aliphatic heterocycles. The maximum atomic E-state index is 11.5. The largest absolute Gasteiger partial charge is 0.389 e. The Morgan fingerprint density at radius 1 is 1.57 bits per heavy atom. The fourth-order valence-electron chi connectivity index (χ4n) is 0.840. The lowest BCUT2D eigenvalue weighted by atomic mass is 10.1. The third-order valence-electron chi connectivity index (χ3n) is 2.07. The third kappa shape index (κ3) is 4.97. The average molecular weight is 200 g/mol. The number of hydrogen-bond donors (Lipinski definition) is 2. The summed E-state index contributed by atoms with van der Waals surface area (Å²) in [6.45, 7) is 7.17. The first kappa shape index (κ1) is 13.1. The van der Waals surface area contributed by atoms with Crippen LogP contribution in [0.2, 0.25) is 0 Å². The fourth-order valence-corrected chi connectivity index (χ4v) is 0.840. The number of carbonyl (C=O) groups is 1. The van der Waals surface area contributed by atoms with E-state index in [4.69, 9.17) is 0 Å². The van der Waals surface area contributed by atoms with Crippen molar-refractivity contribution in [1.82, 2.24) is 5.32 Å². The van der Waals surface area contributed by atoms with Crippen LogP contribution in [0.4, 0.5) is 0 Å². The smallest absolute Gasteiger partial charge is 0.228 e. The number of hydrogen-bond acceptors (Lipinski definition) is 3. The van der Waals surface area contributed by atoms with E-state index >= 15 is 0 Å². The monoisotopic (exact) mass is 200 g/mol. The Kier molecular flexibility index (Phi) is 4.77. The SMILES string of the molecule is CN=C(C)C(C)C(=O)NCC(C)(C)O. The molecule has 0 aromatic rings. The van der Waals surface area contributed by atoms with Crippen molar-refractivity contribution in [3.8, 4) is 0 Å². The van der Waals surface area contributed by atoms with E-state index < -0.39 is 5.60 Å². The van der Waals surface area contributed by atoms with Crippen molar-refractivity contribution < 1.29 is 9.90 Å². The first-order chi connectivity index (χ1) is 6.28. The van der Waals surface area contributed by atoms with Gasteiger partial charge in [0, 0.05) is 19.3 Å². The molecule has 2 N–H and O–H groups in total. The van der Waals surface area contributed by atoms with Crippen LogP contribution in [0.5, 0.6) is 0 Å². The fraction of sp³-hybridized carbons (Fsp3) is 0.800. The molecule has 1 atom stereocenters. The van der Waals surface area contributed by atoms with Gasteiger partial charge in [0.1, 0.15) is 0 Å². The van der Waals surface area contributed by atoms with E-state index in [2.05, 4.69) is 10.3 Å². The molecule has 0 saturated heterocycles. The molecule has 0 bridgehead atoms. The molecule has 0 saturated carbocycles. The Hall–Kier alpha value is -0.900. The van der Waals surface area contributed by atoms with Crippen LogP contribution in [0.25, 0.3) is 0 Å². The minimum atomic E-state index is -0.868. The summed E-state index contributed by atoms with van der Waals surface area (Å²) in [7, 11) is 1.66. The molecule has 0 aromatic carbocycles. The predicted molar refractivity (Wildman–Crippen MR) is 57.5 cm³/mol. The number of rotatable bonds is 4. The molecule has 4 heteroatoms. The number of carbonyl (C=O) groups excluding carboxylic acids is 1. The second-order valence-corrected chi connectivity index (χ2v) is 4.12. The second-order valence-electron chi connectivity index (χ2n) is 4.12. The Morgan fingerprint density at radius 2 is 2.07 bits per heavy atom. The Bertz CT molecular complexity index is 229. The maximum Gasteiger partial charge on any atom is 0.228 e. The molecular formula is C10H20N2O2. The third-order valence-corrected chi connectivity index (χ3v) is 2.07. The molecular weight excluding hydrogens is 180 g/mol. The molecule has 0 aliphatic rings. The van der Waals surface area contributed by atoms with Gasteiger partial charge in [-0.15, -0.1) is 0 Å².